The molecule has 27 rings (SSSR count). The fourth-order valence-corrected chi connectivity index (χ4v) is 19.1. The van der Waals surface area contributed by atoms with Gasteiger partial charge in [0.2, 0.25) is 0 Å². The second kappa shape index (κ2) is 33.6. The summed E-state index contributed by atoms with van der Waals surface area (Å²) in [4.78, 5) is 44.5. The number of hydrogen-bond donors (Lipinski definition) is 0. The molecule has 24 aromatic rings. The van der Waals surface area contributed by atoms with Gasteiger partial charge in [0.1, 0.15) is 34.5 Å². The van der Waals surface area contributed by atoms with Gasteiger partial charge < -0.3 is 14.2 Å². The first-order chi connectivity index (χ1) is 66.8. The molecule has 15 aromatic carbocycles. The van der Waals surface area contributed by atoms with Crippen LogP contribution in [0, 0.1) is 0 Å². The molecular formula is C123H75N9O3. The van der Waals surface area contributed by atoms with Crippen LogP contribution in [0.5, 0.6) is 34.5 Å². The second-order valence-corrected chi connectivity index (χ2v) is 33.8. The molecule has 0 fully saturated rings. The fourth-order valence-electron chi connectivity index (χ4n) is 19.1. The monoisotopic (exact) mass is 1730 g/mol. The second-order valence-electron chi connectivity index (χ2n) is 33.8. The lowest BCUT2D eigenvalue weighted by Gasteiger charge is -2.22. The van der Waals surface area contributed by atoms with Crippen LogP contribution in [0.1, 0.15) is 0 Å². The lowest BCUT2D eigenvalue weighted by molar-refractivity contribution is 0.487. The first-order valence-electron chi connectivity index (χ1n) is 45.0. The molecule has 3 aliphatic rings. The third kappa shape index (κ3) is 14.8. The van der Waals surface area contributed by atoms with Crippen LogP contribution >= 0.6 is 0 Å². The maximum absolute atomic E-state index is 6.33. The first-order valence-corrected chi connectivity index (χ1v) is 45.0. The minimum atomic E-state index is 0.685. The third-order valence-corrected chi connectivity index (χ3v) is 25.6. The highest BCUT2D eigenvalue weighted by atomic mass is 16.5. The van der Waals surface area contributed by atoms with Crippen molar-refractivity contribution < 1.29 is 14.2 Å². The van der Waals surface area contributed by atoms with Gasteiger partial charge in [0.15, 0.2) is 16.9 Å². The highest BCUT2D eigenvalue weighted by molar-refractivity contribution is 6.13. The summed E-state index contributed by atoms with van der Waals surface area (Å²) in [5, 5.41) is 9.71. The maximum Gasteiger partial charge on any atom is 0.159 e. The van der Waals surface area contributed by atoms with E-state index in [2.05, 4.69) is 303 Å². The minimum absolute atomic E-state index is 0.685. The van der Waals surface area contributed by atoms with Crippen molar-refractivity contribution in [3.8, 4) is 202 Å². The van der Waals surface area contributed by atoms with Gasteiger partial charge in [-0.15, -0.1) is 0 Å². The molecule has 0 N–H and O–H groups in total. The molecule has 3 aliphatic heterocycles. The topological polar surface area (TPSA) is 144 Å². The van der Waals surface area contributed by atoms with Crippen molar-refractivity contribution in [2.24, 2.45) is 0 Å². The normalized spacial score (nSPS) is 11.7. The maximum atomic E-state index is 6.33. The van der Waals surface area contributed by atoms with E-state index in [9.17, 15) is 0 Å². The Morgan fingerprint density at radius 1 is 0.141 bits per heavy atom. The molecule has 9 aromatic heterocycles. The van der Waals surface area contributed by atoms with Crippen LogP contribution in [0.25, 0.3) is 233 Å². The number of nitrogens with zero attached hydrogens (tertiary/aromatic N) is 9. The molecule has 0 saturated carbocycles. The molecule has 12 heterocycles. The van der Waals surface area contributed by atoms with Gasteiger partial charge >= 0.3 is 0 Å². The van der Waals surface area contributed by atoms with E-state index in [1.165, 1.54) is 16.7 Å². The van der Waals surface area contributed by atoms with E-state index in [1.807, 2.05) is 152 Å². The van der Waals surface area contributed by atoms with E-state index in [1.54, 1.807) is 0 Å². The summed E-state index contributed by atoms with van der Waals surface area (Å²) in [6, 6.07) is 148. The Bertz CT molecular complexity index is 8320. The van der Waals surface area contributed by atoms with Crippen molar-refractivity contribution in [3.63, 3.8) is 0 Å². The van der Waals surface area contributed by atoms with E-state index in [4.69, 9.17) is 59.1 Å². The molecule has 0 saturated heterocycles. The highest BCUT2D eigenvalue weighted by Gasteiger charge is 2.27. The summed E-state index contributed by atoms with van der Waals surface area (Å²) in [5.41, 5.74) is 33.1. The van der Waals surface area contributed by atoms with Crippen LogP contribution in [0.2, 0.25) is 0 Å². The first kappa shape index (κ1) is 78.8. The zero-order chi connectivity index (χ0) is 89.2. The summed E-state index contributed by atoms with van der Waals surface area (Å²) in [7, 11) is 0. The molecule has 0 unspecified atom stereocenters. The standard InChI is InChI=1S/3C41H25N3O/c1-3-10-26(11-4-1)36-23-29(24-37(43-36)27-12-5-2-6-13-27)35-20-18-28-22-30(25-42-41(28)44-35)31-19-21-39-40-33(31)15-9-16-34(40)32-14-7-8-17-38(32)45-39;1-3-10-26(11-4-1)29-23-36(27-12-5-2-6-13-27)43-37(24-29)35-20-18-28-22-30(25-42-41(28)44-35)31-19-21-39-40-33(31)15-9-16-34(40)32-14-7-8-17-38(32)45-39;1-3-10-26(11-4-1)28-22-36(27-12-5-2-6-13-27)44-37(23-28)31-21-29-20-30(24-42-41(29)43-25-31)32-18-19-39-40-34(32)15-9-16-35(40)33-14-7-8-17-38(33)45-39/h3*1-25H. The molecule has 0 radical (unpaired) electrons. The van der Waals surface area contributed by atoms with Crippen LogP contribution in [-0.2, 0) is 0 Å². The predicted octanol–water partition coefficient (Wildman–Crippen LogP) is 31.9. The number of fused-ring (bicyclic) bond motifs is 9. The van der Waals surface area contributed by atoms with Crippen LogP contribution in [0.15, 0.2) is 455 Å². The number of aromatic nitrogens is 9. The quantitative estimate of drug-likeness (QED) is 0.115. The van der Waals surface area contributed by atoms with E-state index in [0.29, 0.717) is 16.9 Å². The molecule has 0 atom stereocenters. The van der Waals surface area contributed by atoms with Gasteiger partial charge in [0, 0.05) is 124 Å². The van der Waals surface area contributed by atoms with Gasteiger partial charge in [-0.05, 0) is 211 Å². The predicted molar refractivity (Wildman–Crippen MR) is 546 cm³/mol. The van der Waals surface area contributed by atoms with E-state index >= 15 is 0 Å². The Balaban J connectivity index is 0.000000108. The SMILES string of the molecule is c1ccc(-c2cc(-c3ccc4cc(-c5ccc6c7c(cccc57)-c5ccccc5O6)cnc4n3)cc(-c3ccccc3)n2)cc1.c1ccc(-c2cc(-c3ccccc3)nc(-c3ccc4cc(-c5ccc6c7c(cccc57)-c5ccccc5O6)cnc4n3)c2)cc1.c1ccc(-c2cc(-c3ccccc3)nc(-c3cnc4ncc(-c5ccc6c7c(cccc57)-c5ccccc5O6)cc4c3)c2)cc1. The van der Waals surface area contributed by atoms with Crippen molar-refractivity contribution in [1.29, 1.82) is 0 Å². The van der Waals surface area contributed by atoms with Gasteiger partial charge in [-0.25, -0.2) is 44.9 Å². The highest BCUT2D eigenvalue weighted by Crippen LogP contribution is 2.53. The summed E-state index contributed by atoms with van der Waals surface area (Å²) < 4.78 is 18.9. The molecule has 12 heteroatoms. The van der Waals surface area contributed by atoms with Gasteiger partial charge in [-0.1, -0.05) is 291 Å². The number of hydrogen-bond acceptors (Lipinski definition) is 12. The molecule has 0 aliphatic carbocycles. The van der Waals surface area contributed by atoms with E-state index < -0.39 is 0 Å². The Hall–Kier alpha value is -18.4. The summed E-state index contributed by atoms with van der Waals surface area (Å²) >= 11 is 0. The summed E-state index contributed by atoms with van der Waals surface area (Å²) in [6.45, 7) is 0. The number of ether oxygens (including phenoxy) is 3. The van der Waals surface area contributed by atoms with Crippen LogP contribution in [-0.4, -0.2) is 44.9 Å². The summed E-state index contributed by atoms with van der Waals surface area (Å²) in [5.74, 6) is 5.30. The van der Waals surface area contributed by atoms with Crippen LogP contribution < -0.4 is 14.2 Å². The minimum Gasteiger partial charge on any atom is -0.456 e. The van der Waals surface area contributed by atoms with Crippen molar-refractivity contribution >= 4 is 65.4 Å². The molecule has 135 heavy (non-hydrogen) atoms. The Kier molecular flexibility index (Phi) is 19.6. The Labute approximate surface area is 777 Å². The van der Waals surface area contributed by atoms with Gasteiger partial charge in [-0.2, -0.15) is 0 Å². The van der Waals surface area contributed by atoms with E-state index in [-0.39, 0.29) is 0 Å². The lowest BCUT2D eigenvalue weighted by atomic mass is 9.91. The van der Waals surface area contributed by atoms with Gasteiger partial charge in [0.25, 0.3) is 0 Å². The molecule has 0 spiro atoms. The smallest absolute Gasteiger partial charge is 0.159 e. The number of pyridine rings is 9. The Morgan fingerprint density at radius 2 is 0.430 bits per heavy atom. The molecule has 630 valence electrons. The molecule has 12 nitrogen and oxygen atoms in total. The largest absolute Gasteiger partial charge is 0.456 e. The van der Waals surface area contributed by atoms with Crippen LogP contribution in [0.3, 0.4) is 0 Å². The average Bonchev–Trinajstić information content (AvgIpc) is 0.743. The van der Waals surface area contributed by atoms with Gasteiger partial charge in [-0.3, -0.25) is 0 Å². The van der Waals surface area contributed by atoms with Crippen molar-refractivity contribution in [2.75, 3.05) is 0 Å². The number of para-hydroxylation sites is 3. The van der Waals surface area contributed by atoms with E-state index in [0.717, 1.165) is 234 Å². The average molecular weight is 1730 g/mol. The van der Waals surface area contributed by atoms with Gasteiger partial charge in [0.05, 0.1) is 45.6 Å². The zero-order valence-corrected chi connectivity index (χ0v) is 72.6. The number of benzene rings is 15. The van der Waals surface area contributed by atoms with Crippen molar-refractivity contribution in [1.82, 2.24) is 44.9 Å². The molecule has 0 amide bonds. The van der Waals surface area contributed by atoms with Crippen LogP contribution in [0.4, 0.5) is 0 Å². The summed E-state index contributed by atoms with van der Waals surface area (Å²) in [6.07, 6.45) is 7.64. The Morgan fingerprint density at radius 3 is 0.822 bits per heavy atom. The third-order valence-electron chi connectivity index (χ3n) is 25.6. The van der Waals surface area contributed by atoms with Crippen molar-refractivity contribution in [3.05, 3.63) is 455 Å². The zero-order valence-electron chi connectivity index (χ0n) is 72.6. The fraction of sp³-hybridized carbons (Fsp3) is 0. The van der Waals surface area contributed by atoms with Crippen molar-refractivity contribution in [2.45, 2.75) is 0 Å². The number of rotatable bonds is 12. The molecule has 0 bridgehead atoms. The lowest BCUT2D eigenvalue weighted by Crippen LogP contribution is -1.98. The molecular weight excluding hydrogens is 1650 g/mol.